The van der Waals surface area contributed by atoms with Gasteiger partial charge in [-0.2, -0.15) is 11.8 Å². The van der Waals surface area contributed by atoms with Crippen molar-refractivity contribution in [2.45, 2.75) is 51.1 Å². The molecule has 2 fully saturated rings. The minimum absolute atomic E-state index is 0.165. The molecule has 2 aliphatic rings. The topological polar surface area (TPSA) is 46.8 Å². The Bertz CT molecular complexity index is 671. The van der Waals surface area contributed by atoms with E-state index >= 15 is 0 Å². The van der Waals surface area contributed by atoms with Crippen LogP contribution in [-0.4, -0.2) is 49.7 Å². The molecule has 1 aromatic carbocycles. The Morgan fingerprint density at radius 3 is 2.48 bits per heavy atom. The first-order chi connectivity index (χ1) is 12.3. The molecule has 2 aromatic rings. The van der Waals surface area contributed by atoms with Gasteiger partial charge in [-0.1, -0.05) is 49.1 Å². The standard InChI is InChI=1S/C19H27N5S/c1-15-7-9-16(10-8-15)18(23-11-13-25-14-12-23)19-20-21-22-24(19)17-5-3-2-4-6-17/h7-10,17-18H,2-6,11-14H2,1H3/t18-/m0/s1. The fourth-order valence-corrected chi connectivity index (χ4v) is 5.01. The first kappa shape index (κ1) is 17.0. The minimum Gasteiger partial charge on any atom is -0.288 e. The quantitative estimate of drug-likeness (QED) is 0.836. The summed E-state index contributed by atoms with van der Waals surface area (Å²) in [6.07, 6.45) is 6.33. The Morgan fingerprint density at radius 1 is 1.04 bits per heavy atom. The molecule has 1 atom stereocenters. The summed E-state index contributed by atoms with van der Waals surface area (Å²) >= 11 is 2.04. The van der Waals surface area contributed by atoms with Crippen molar-refractivity contribution < 1.29 is 0 Å². The van der Waals surface area contributed by atoms with Crippen LogP contribution in [-0.2, 0) is 0 Å². The van der Waals surface area contributed by atoms with Gasteiger partial charge in [-0.25, -0.2) is 4.68 Å². The zero-order chi connectivity index (χ0) is 17.1. The normalized spacial score (nSPS) is 21.3. The lowest BCUT2D eigenvalue weighted by molar-refractivity contribution is 0.222. The molecule has 2 heterocycles. The molecule has 0 unspecified atom stereocenters. The van der Waals surface area contributed by atoms with Gasteiger partial charge in [0.05, 0.1) is 12.1 Å². The van der Waals surface area contributed by atoms with E-state index in [9.17, 15) is 0 Å². The Labute approximate surface area is 154 Å². The lowest BCUT2D eigenvalue weighted by Gasteiger charge is -2.35. The van der Waals surface area contributed by atoms with Crippen LogP contribution < -0.4 is 0 Å². The number of aromatic nitrogens is 4. The second-order valence-electron chi connectivity index (χ2n) is 7.24. The average molecular weight is 358 g/mol. The van der Waals surface area contributed by atoms with Gasteiger partial charge in [0.25, 0.3) is 0 Å². The van der Waals surface area contributed by atoms with E-state index in [1.54, 1.807) is 0 Å². The maximum Gasteiger partial charge on any atom is 0.173 e. The van der Waals surface area contributed by atoms with Gasteiger partial charge in [-0.05, 0) is 35.8 Å². The average Bonchev–Trinajstić information content (AvgIpc) is 3.14. The summed E-state index contributed by atoms with van der Waals surface area (Å²) in [6, 6.07) is 9.54. The molecule has 1 saturated carbocycles. The lowest BCUT2D eigenvalue weighted by Crippen LogP contribution is -2.38. The van der Waals surface area contributed by atoms with Crippen molar-refractivity contribution in [3.63, 3.8) is 0 Å². The fourth-order valence-electron chi connectivity index (χ4n) is 4.07. The van der Waals surface area contributed by atoms with Crippen molar-refractivity contribution in [1.29, 1.82) is 0 Å². The first-order valence-corrected chi connectivity index (χ1v) is 10.6. The summed E-state index contributed by atoms with van der Waals surface area (Å²) in [6.45, 7) is 4.34. The van der Waals surface area contributed by atoms with E-state index in [0.717, 1.165) is 18.9 Å². The van der Waals surface area contributed by atoms with Crippen LogP contribution in [0.1, 0.15) is 61.1 Å². The predicted molar refractivity (Wildman–Crippen MR) is 102 cm³/mol. The van der Waals surface area contributed by atoms with Crippen LogP contribution in [0.15, 0.2) is 24.3 Å². The van der Waals surface area contributed by atoms with Crippen LogP contribution >= 0.6 is 11.8 Å². The van der Waals surface area contributed by atoms with Gasteiger partial charge in [0.2, 0.25) is 0 Å². The highest BCUT2D eigenvalue weighted by atomic mass is 32.2. The smallest absolute Gasteiger partial charge is 0.173 e. The lowest BCUT2D eigenvalue weighted by atomic mass is 9.95. The second-order valence-corrected chi connectivity index (χ2v) is 8.46. The zero-order valence-electron chi connectivity index (χ0n) is 15.0. The van der Waals surface area contributed by atoms with E-state index in [1.807, 2.05) is 11.8 Å². The van der Waals surface area contributed by atoms with E-state index in [0.29, 0.717) is 6.04 Å². The summed E-state index contributed by atoms with van der Waals surface area (Å²) in [5.41, 5.74) is 2.60. The number of hydrogen-bond donors (Lipinski definition) is 0. The largest absolute Gasteiger partial charge is 0.288 e. The molecule has 1 aliphatic heterocycles. The highest BCUT2D eigenvalue weighted by Crippen LogP contribution is 2.34. The van der Waals surface area contributed by atoms with Crippen LogP contribution in [0.25, 0.3) is 0 Å². The minimum atomic E-state index is 0.165. The fraction of sp³-hybridized carbons (Fsp3) is 0.632. The molecule has 1 aromatic heterocycles. The Balaban J connectivity index is 1.70. The first-order valence-electron chi connectivity index (χ1n) is 9.49. The van der Waals surface area contributed by atoms with Crippen molar-refractivity contribution in [2.24, 2.45) is 0 Å². The van der Waals surface area contributed by atoms with Crippen LogP contribution in [0.3, 0.4) is 0 Å². The van der Waals surface area contributed by atoms with Crippen molar-refractivity contribution >= 4 is 11.8 Å². The van der Waals surface area contributed by atoms with Gasteiger partial charge in [0, 0.05) is 24.6 Å². The van der Waals surface area contributed by atoms with Gasteiger partial charge < -0.3 is 0 Å². The number of aryl methyl sites for hydroxylation is 1. The third-order valence-electron chi connectivity index (χ3n) is 5.49. The Kier molecular flexibility index (Phi) is 5.36. The second kappa shape index (κ2) is 7.87. The van der Waals surface area contributed by atoms with E-state index in [-0.39, 0.29) is 6.04 Å². The predicted octanol–water partition coefficient (Wildman–Crippen LogP) is 3.62. The molecule has 0 N–H and O–H groups in total. The summed E-state index contributed by atoms with van der Waals surface area (Å²) in [5, 5.41) is 13.0. The monoisotopic (exact) mass is 357 g/mol. The zero-order valence-corrected chi connectivity index (χ0v) is 15.8. The van der Waals surface area contributed by atoms with Gasteiger partial charge in [-0.3, -0.25) is 4.90 Å². The maximum atomic E-state index is 4.52. The third kappa shape index (κ3) is 3.75. The van der Waals surface area contributed by atoms with E-state index < -0.39 is 0 Å². The number of benzene rings is 1. The molecule has 134 valence electrons. The van der Waals surface area contributed by atoms with E-state index in [2.05, 4.69) is 56.3 Å². The van der Waals surface area contributed by atoms with Gasteiger partial charge in [0.15, 0.2) is 5.82 Å². The van der Waals surface area contributed by atoms with Crippen LogP contribution in [0.4, 0.5) is 0 Å². The third-order valence-corrected chi connectivity index (χ3v) is 6.43. The molecular weight excluding hydrogens is 330 g/mol. The molecule has 6 heteroatoms. The molecule has 0 spiro atoms. The van der Waals surface area contributed by atoms with Gasteiger partial charge >= 0.3 is 0 Å². The van der Waals surface area contributed by atoms with Crippen molar-refractivity contribution in [3.05, 3.63) is 41.2 Å². The number of rotatable bonds is 4. The number of thioether (sulfide) groups is 1. The van der Waals surface area contributed by atoms with Crippen LogP contribution in [0.2, 0.25) is 0 Å². The van der Waals surface area contributed by atoms with Gasteiger partial charge in [0.1, 0.15) is 0 Å². The maximum absolute atomic E-state index is 4.52. The molecule has 0 amide bonds. The highest BCUT2D eigenvalue weighted by Gasteiger charge is 2.31. The van der Waals surface area contributed by atoms with Crippen LogP contribution in [0.5, 0.6) is 0 Å². The van der Waals surface area contributed by atoms with E-state index in [1.165, 1.54) is 54.7 Å². The Hall–Kier alpha value is -1.40. The molecular formula is C19H27N5S. The number of nitrogens with zero attached hydrogens (tertiary/aromatic N) is 5. The number of hydrogen-bond acceptors (Lipinski definition) is 5. The molecule has 1 aliphatic carbocycles. The van der Waals surface area contributed by atoms with Crippen molar-refractivity contribution in [1.82, 2.24) is 25.1 Å². The van der Waals surface area contributed by atoms with E-state index in [4.69, 9.17) is 0 Å². The van der Waals surface area contributed by atoms with Crippen LogP contribution in [0, 0.1) is 6.92 Å². The summed E-state index contributed by atoms with van der Waals surface area (Å²) in [4.78, 5) is 2.56. The van der Waals surface area contributed by atoms with Crippen molar-refractivity contribution in [2.75, 3.05) is 24.6 Å². The van der Waals surface area contributed by atoms with Crippen molar-refractivity contribution in [3.8, 4) is 0 Å². The SMILES string of the molecule is Cc1ccc([C@@H](c2nnnn2C2CCCCC2)N2CCSCC2)cc1. The number of tetrazole rings is 1. The molecule has 5 nitrogen and oxygen atoms in total. The molecule has 4 rings (SSSR count). The molecule has 0 bridgehead atoms. The summed E-state index contributed by atoms with van der Waals surface area (Å²) in [5.74, 6) is 3.41. The molecule has 1 saturated heterocycles. The molecule has 25 heavy (non-hydrogen) atoms. The molecule has 0 radical (unpaired) electrons. The van der Waals surface area contributed by atoms with Gasteiger partial charge in [-0.15, -0.1) is 5.10 Å². The summed E-state index contributed by atoms with van der Waals surface area (Å²) in [7, 11) is 0. The highest BCUT2D eigenvalue weighted by molar-refractivity contribution is 7.99. The summed E-state index contributed by atoms with van der Waals surface area (Å²) < 4.78 is 2.14. The Morgan fingerprint density at radius 2 is 1.76 bits per heavy atom.